The van der Waals surface area contributed by atoms with Crippen LogP contribution >= 0.6 is 0 Å². The number of halogens is 1. The lowest BCUT2D eigenvalue weighted by atomic mass is 9.84. The van der Waals surface area contributed by atoms with E-state index in [1.165, 1.54) is 12.1 Å². The predicted molar refractivity (Wildman–Crippen MR) is 67.7 cm³/mol. The van der Waals surface area contributed by atoms with Gasteiger partial charge in [0.05, 0.1) is 18.1 Å². The molecule has 1 atom stereocenters. The van der Waals surface area contributed by atoms with Crippen molar-refractivity contribution < 1.29 is 9.13 Å². The molecule has 0 N–H and O–H groups in total. The van der Waals surface area contributed by atoms with E-state index in [1.54, 1.807) is 6.07 Å². The van der Waals surface area contributed by atoms with Crippen molar-refractivity contribution in [3.63, 3.8) is 0 Å². The van der Waals surface area contributed by atoms with Gasteiger partial charge in [0.2, 0.25) is 0 Å². The van der Waals surface area contributed by atoms with Gasteiger partial charge in [-0.25, -0.2) is 4.39 Å². The molecule has 96 valence electrons. The molecule has 1 aromatic rings. The third-order valence-corrected chi connectivity index (χ3v) is 3.49. The number of nitrogens with zero attached hydrogens (tertiary/aromatic N) is 1. The largest absolute Gasteiger partial charge is 0.493 e. The van der Waals surface area contributed by atoms with Crippen molar-refractivity contribution >= 4 is 0 Å². The van der Waals surface area contributed by atoms with E-state index in [9.17, 15) is 4.39 Å². The molecule has 0 radical (unpaired) electrons. The van der Waals surface area contributed by atoms with Gasteiger partial charge in [0, 0.05) is 6.07 Å². The molecule has 0 saturated heterocycles. The molecule has 18 heavy (non-hydrogen) atoms. The van der Waals surface area contributed by atoms with Crippen molar-refractivity contribution in [2.24, 2.45) is 11.3 Å². The van der Waals surface area contributed by atoms with Crippen LogP contribution in [0.15, 0.2) is 18.2 Å². The Hall–Kier alpha value is -1.56. The average Bonchev–Trinajstić information content (AvgIpc) is 2.36. The second kappa shape index (κ2) is 4.97. The van der Waals surface area contributed by atoms with Crippen LogP contribution in [0.3, 0.4) is 0 Å². The van der Waals surface area contributed by atoms with Gasteiger partial charge in [-0.15, -0.1) is 0 Å². The molecular weight excluding hydrogens is 229 g/mol. The monoisotopic (exact) mass is 247 g/mol. The maximum atomic E-state index is 13.0. The highest BCUT2D eigenvalue weighted by atomic mass is 19.1. The molecule has 1 aliphatic rings. The van der Waals surface area contributed by atoms with E-state index in [0.717, 1.165) is 24.8 Å². The average molecular weight is 247 g/mol. The third-order valence-electron chi connectivity index (χ3n) is 3.49. The first-order valence-electron chi connectivity index (χ1n) is 6.33. The Bertz CT molecular complexity index is 476. The van der Waals surface area contributed by atoms with Crippen LogP contribution in [0.25, 0.3) is 0 Å². The van der Waals surface area contributed by atoms with Crippen LogP contribution in [-0.4, -0.2) is 6.61 Å². The van der Waals surface area contributed by atoms with Crippen LogP contribution in [0.5, 0.6) is 5.75 Å². The molecule has 1 heterocycles. The van der Waals surface area contributed by atoms with E-state index in [0.29, 0.717) is 18.3 Å². The summed E-state index contributed by atoms with van der Waals surface area (Å²) in [7, 11) is 0. The van der Waals surface area contributed by atoms with Gasteiger partial charge in [-0.3, -0.25) is 0 Å². The number of rotatable bonds is 3. The number of benzene rings is 1. The van der Waals surface area contributed by atoms with Gasteiger partial charge in [0.15, 0.2) is 0 Å². The second-order valence-electron chi connectivity index (χ2n) is 5.67. The standard InChI is InChI=1S/C15H18FNO/c1-15(2,10-17)6-5-11-7-12-3-4-13(16)8-14(12)18-9-11/h3-4,8,11H,5-7,9H2,1-2H3. The number of nitriles is 1. The zero-order chi connectivity index (χ0) is 13.2. The van der Waals surface area contributed by atoms with Crippen LogP contribution in [0, 0.1) is 28.5 Å². The van der Waals surface area contributed by atoms with E-state index in [4.69, 9.17) is 10.00 Å². The van der Waals surface area contributed by atoms with Gasteiger partial charge in [0.25, 0.3) is 0 Å². The fraction of sp³-hybridized carbons (Fsp3) is 0.533. The highest BCUT2D eigenvalue weighted by Crippen LogP contribution is 2.32. The van der Waals surface area contributed by atoms with Crippen LogP contribution in [0.4, 0.5) is 4.39 Å². The zero-order valence-corrected chi connectivity index (χ0v) is 10.9. The first-order valence-corrected chi connectivity index (χ1v) is 6.33. The van der Waals surface area contributed by atoms with Gasteiger partial charge in [-0.1, -0.05) is 6.07 Å². The summed E-state index contributed by atoms with van der Waals surface area (Å²) in [5.74, 6) is 0.846. The van der Waals surface area contributed by atoms with Crippen molar-refractivity contribution in [3.05, 3.63) is 29.6 Å². The molecule has 1 unspecified atom stereocenters. The van der Waals surface area contributed by atoms with Crippen molar-refractivity contribution in [2.45, 2.75) is 33.1 Å². The summed E-state index contributed by atoms with van der Waals surface area (Å²) in [6, 6.07) is 7.04. The molecule has 0 fully saturated rings. The third kappa shape index (κ3) is 3.01. The Labute approximate surface area is 107 Å². The van der Waals surface area contributed by atoms with E-state index in [-0.39, 0.29) is 11.2 Å². The highest BCUT2D eigenvalue weighted by molar-refractivity contribution is 5.35. The number of fused-ring (bicyclic) bond motifs is 1. The van der Waals surface area contributed by atoms with Crippen LogP contribution in [0.2, 0.25) is 0 Å². The Morgan fingerprint density at radius 2 is 2.28 bits per heavy atom. The zero-order valence-electron chi connectivity index (χ0n) is 10.9. The van der Waals surface area contributed by atoms with Crippen molar-refractivity contribution in [1.29, 1.82) is 5.26 Å². The van der Waals surface area contributed by atoms with E-state index < -0.39 is 0 Å². The quantitative estimate of drug-likeness (QED) is 0.815. The number of hydrogen-bond donors (Lipinski definition) is 0. The van der Waals surface area contributed by atoms with Crippen molar-refractivity contribution in [3.8, 4) is 11.8 Å². The predicted octanol–water partition coefficient (Wildman–Crippen LogP) is 3.71. The Morgan fingerprint density at radius 1 is 1.50 bits per heavy atom. The summed E-state index contributed by atoms with van der Waals surface area (Å²) >= 11 is 0. The van der Waals surface area contributed by atoms with Crippen LogP contribution < -0.4 is 4.74 Å². The topological polar surface area (TPSA) is 33.0 Å². The molecule has 1 aromatic carbocycles. The number of ether oxygens (including phenoxy) is 1. The summed E-state index contributed by atoms with van der Waals surface area (Å²) in [4.78, 5) is 0. The molecular formula is C15H18FNO. The molecule has 3 heteroatoms. The molecule has 0 aromatic heterocycles. The minimum Gasteiger partial charge on any atom is -0.493 e. The maximum Gasteiger partial charge on any atom is 0.126 e. The lowest BCUT2D eigenvalue weighted by Gasteiger charge is -2.27. The normalized spacial score (nSPS) is 18.7. The molecule has 0 saturated carbocycles. The van der Waals surface area contributed by atoms with Gasteiger partial charge in [-0.05, 0) is 50.7 Å². The first-order chi connectivity index (χ1) is 8.50. The van der Waals surface area contributed by atoms with Gasteiger partial charge >= 0.3 is 0 Å². The van der Waals surface area contributed by atoms with Gasteiger partial charge in [-0.2, -0.15) is 5.26 Å². The van der Waals surface area contributed by atoms with Crippen molar-refractivity contribution in [2.75, 3.05) is 6.61 Å². The van der Waals surface area contributed by atoms with E-state index >= 15 is 0 Å². The molecule has 2 rings (SSSR count). The summed E-state index contributed by atoms with van der Waals surface area (Å²) in [6.45, 7) is 4.54. The Balaban J connectivity index is 1.96. The summed E-state index contributed by atoms with van der Waals surface area (Å²) < 4.78 is 18.6. The van der Waals surface area contributed by atoms with Gasteiger partial charge in [0.1, 0.15) is 11.6 Å². The van der Waals surface area contributed by atoms with E-state index in [1.807, 2.05) is 13.8 Å². The second-order valence-corrected chi connectivity index (χ2v) is 5.67. The molecule has 0 spiro atoms. The molecule has 0 amide bonds. The summed E-state index contributed by atoms with van der Waals surface area (Å²) in [5, 5.41) is 8.99. The van der Waals surface area contributed by atoms with E-state index in [2.05, 4.69) is 6.07 Å². The van der Waals surface area contributed by atoms with Crippen LogP contribution in [0.1, 0.15) is 32.3 Å². The Kier molecular flexibility index (Phi) is 3.56. The van der Waals surface area contributed by atoms with Crippen molar-refractivity contribution in [1.82, 2.24) is 0 Å². The molecule has 0 aliphatic carbocycles. The lowest BCUT2D eigenvalue weighted by Crippen LogP contribution is -2.22. The lowest BCUT2D eigenvalue weighted by molar-refractivity contribution is 0.201. The number of hydrogen-bond acceptors (Lipinski definition) is 2. The Morgan fingerprint density at radius 3 is 3.00 bits per heavy atom. The minimum absolute atomic E-state index is 0.252. The first kappa shape index (κ1) is 12.9. The fourth-order valence-electron chi connectivity index (χ4n) is 2.22. The van der Waals surface area contributed by atoms with Gasteiger partial charge < -0.3 is 4.74 Å². The molecule has 2 nitrogen and oxygen atoms in total. The molecule has 0 bridgehead atoms. The fourth-order valence-corrected chi connectivity index (χ4v) is 2.22. The summed E-state index contributed by atoms with van der Waals surface area (Å²) in [6.07, 6.45) is 2.75. The molecule has 1 aliphatic heterocycles. The smallest absolute Gasteiger partial charge is 0.126 e. The maximum absolute atomic E-state index is 13.0. The van der Waals surface area contributed by atoms with Crippen LogP contribution in [-0.2, 0) is 6.42 Å². The summed E-state index contributed by atoms with van der Waals surface area (Å²) in [5.41, 5.74) is 0.797. The minimum atomic E-state index is -0.275. The SMILES string of the molecule is CC(C)(C#N)CCC1COc2cc(F)ccc2C1. The highest BCUT2D eigenvalue weighted by Gasteiger charge is 2.24.